The molecule has 1 aliphatic heterocycles. The van der Waals surface area contributed by atoms with Crippen molar-refractivity contribution in [3.8, 4) is 11.5 Å². The number of carbonyl (C=O) groups excluding carboxylic acids is 1. The van der Waals surface area contributed by atoms with E-state index in [1.54, 1.807) is 11.9 Å². The summed E-state index contributed by atoms with van der Waals surface area (Å²) in [4.78, 5) is 13.4. The zero-order valence-corrected chi connectivity index (χ0v) is 10.6. The van der Waals surface area contributed by atoms with Crippen molar-refractivity contribution < 1.29 is 14.3 Å². The van der Waals surface area contributed by atoms with Crippen LogP contribution in [0.5, 0.6) is 11.5 Å². The molecular formula is C12H14ClNO3. The fraction of sp³-hybridized carbons (Fsp3) is 0.417. The van der Waals surface area contributed by atoms with Gasteiger partial charge in [-0.3, -0.25) is 4.79 Å². The van der Waals surface area contributed by atoms with Gasteiger partial charge in [-0.25, -0.2) is 0 Å². The topological polar surface area (TPSA) is 38.8 Å². The minimum atomic E-state index is -0.0121. The van der Waals surface area contributed by atoms with Gasteiger partial charge in [0.05, 0.1) is 5.69 Å². The Balaban J connectivity index is 2.29. The molecule has 0 unspecified atom stereocenters. The molecule has 0 aromatic heterocycles. The third-order valence-corrected chi connectivity index (χ3v) is 2.92. The molecule has 1 aliphatic rings. The highest BCUT2D eigenvalue weighted by atomic mass is 35.5. The summed E-state index contributed by atoms with van der Waals surface area (Å²) < 4.78 is 10.6. The number of hydrogen-bond acceptors (Lipinski definition) is 3. The maximum atomic E-state index is 11.8. The Kier molecular flexibility index (Phi) is 3.43. The molecule has 0 fully saturated rings. The fourth-order valence-corrected chi connectivity index (χ4v) is 1.94. The van der Waals surface area contributed by atoms with Gasteiger partial charge in [0.15, 0.2) is 11.5 Å². The van der Waals surface area contributed by atoms with Crippen molar-refractivity contribution in [2.75, 3.05) is 24.6 Å². The summed E-state index contributed by atoms with van der Waals surface area (Å²) in [5, 5.41) is 0. The number of rotatable bonds is 3. The van der Waals surface area contributed by atoms with Crippen LogP contribution < -0.4 is 14.4 Å². The first kappa shape index (κ1) is 12.0. The van der Waals surface area contributed by atoms with Crippen LogP contribution in [0.2, 0.25) is 0 Å². The van der Waals surface area contributed by atoms with E-state index in [1.165, 1.54) is 0 Å². The minimum Gasteiger partial charge on any atom is -0.454 e. The highest BCUT2D eigenvalue weighted by Gasteiger charge is 2.19. The van der Waals surface area contributed by atoms with Crippen LogP contribution in [0.1, 0.15) is 12.0 Å². The molecule has 2 rings (SSSR count). The predicted octanol–water partition coefficient (Wildman–Crippen LogP) is 2.32. The Morgan fingerprint density at radius 3 is 2.71 bits per heavy atom. The van der Waals surface area contributed by atoms with E-state index < -0.39 is 0 Å². The third-order valence-electron chi connectivity index (χ3n) is 2.73. The van der Waals surface area contributed by atoms with Crippen molar-refractivity contribution in [3.05, 3.63) is 17.7 Å². The zero-order chi connectivity index (χ0) is 12.4. The Hall–Kier alpha value is -1.42. The Morgan fingerprint density at radius 1 is 1.41 bits per heavy atom. The summed E-state index contributed by atoms with van der Waals surface area (Å²) >= 11 is 5.57. The van der Waals surface area contributed by atoms with Gasteiger partial charge in [0.2, 0.25) is 12.7 Å². The van der Waals surface area contributed by atoms with Gasteiger partial charge in [0.25, 0.3) is 0 Å². The molecule has 0 bridgehead atoms. The summed E-state index contributed by atoms with van der Waals surface area (Å²) in [6, 6.07) is 3.70. The summed E-state index contributed by atoms with van der Waals surface area (Å²) in [5.74, 6) is 1.72. The van der Waals surface area contributed by atoms with Crippen LogP contribution in [0.3, 0.4) is 0 Å². The number of benzene rings is 1. The highest BCUT2D eigenvalue weighted by molar-refractivity contribution is 6.19. The van der Waals surface area contributed by atoms with Crippen molar-refractivity contribution in [3.63, 3.8) is 0 Å². The highest BCUT2D eigenvalue weighted by Crippen LogP contribution is 2.37. The molecule has 0 aliphatic carbocycles. The molecule has 0 saturated carbocycles. The second-order valence-corrected chi connectivity index (χ2v) is 4.26. The summed E-state index contributed by atoms with van der Waals surface area (Å²) in [7, 11) is 1.74. The first-order valence-corrected chi connectivity index (χ1v) is 5.89. The number of aryl methyl sites for hydroxylation is 1. The Labute approximate surface area is 105 Å². The van der Waals surface area contributed by atoms with Crippen molar-refractivity contribution in [1.29, 1.82) is 0 Å². The van der Waals surface area contributed by atoms with Gasteiger partial charge in [0.1, 0.15) is 0 Å². The first-order valence-electron chi connectivity index (χ1n) is 5.36. The molecule has 1 aromatic carbocycles. The number of hydrogen-bond donors (Lipinski definition) is 0. The summed E-state index contributed by atoms with van der Waals surface area (Å²) in [6.45, 7) is 2.17. The van der Waals surface area contributed by atoms with Crippen LogP contribution in [0.4, 0.5) is 5.69 Å². The Bertz CT molecular complexity index is 448. The van der Waals surface area contributed by atoms with E-state index in [0.717, 1.165) is 17.0 Å². The van der Waals surface area contributed by atoms with Crippen molar-refractivity contribution in [1.82, 2.24) is 0 Å². The van der Waals surface area contributed by atoms with Gasteiger partial charge in [-0.05, 0) is 18.6 Å². The van der Waals surface area contributed by atoms with Crippen LogP contribution in [-0.2, 0) is 4.79 Å². The zero-order valence-electron chi connectivity index (χ0n) is 9.83. The maximum Gasteiger partial charge on any atom is 0.231 e. The van der Waals surface area contributed by atoms with Crippen LogP contribution in [0.15, 0.2) is 12.1 Å². The van der Waals surface area contributed by atoms with Crippen molar-refractivity contribution >= 4 is 23.2 Å². The van der Waals surface area contributed by atoms with Gasteiger partial charge in [-0.1, -0.05) is 0 Å². The number of carbonyl (C=O) groups is 1. The predicted molar refractivity (Wildman–Crippen MR) is 66.0 cm³/mol. The minimum absolute atomic E-state index is 0.0121. The van der Waals surface area contributed by atoms with Crippen molar-refractivity contribution in [2.45, 2.75) is 13.3 Å². The SMILES string of the molecule is Cc1cc2c(cc1N(C)C(=O)CCCl)OCO2. The Morgan fingerprint density at radius 2 is 2.06 bits per heavy atom. The number of amides is 1. The second kappa shape index (κ2) is 4.84. The average Bonchev–Trinajstić information content (AvgIpc) is 2.74. The quantitative estimate of drug-likeness (QED) is 0.778. The van der Waals surface area contributed by atoms with E-state index in [9.17, 15) is 4.79 Å². The standard InChI is InChI=1S/C12H14ClNO3/c1-8-5-10-11(17-7-16-10)6-9(8)14(2)12(15)3-4-13/h5-6H,3-4,7H2,1-2H3. The summed E-state index contributed by atoms with van der Waals surface area (Å²) in [6.07, 6.45) is 0.325. The monoisotopic (exact) mass is 255 g/mol. The molecule has 1 aromatic rings. The molecule has 1 heterocycles. The normalized spacial score (nSPS) is 12.6. The molecule has 0 saturated heterocycles. The van der Waals surface area contributed by atoms with Gasteiger partial charge in [0, 0.05) is 25.4 Å². The number of nitrogens with zero attached hydrogens (tertiary/aromatic N) is 1. The maximum absolute atomic E-state index is 11.8. The van der Waals surface area contributed by atoms with E-state index >= 15 is 0 Å². The molecule has 0 radical (unpaired) electrons. The van der Waals surface area contributed by atoms with E-state index in [4.69, 9.17) is 21.1 Å². The number of fused-ring (bicyclic) bond motifs is 1. The van der Waals surface area contributed by atoms with E-state index in [0.29, 0.717) is 18.1 Å². The fourth-order valence-electron chi connectivity index (χ4n) is 1.78. The third kappa shape index (κ3) is 2.31. The molecule has 0 N–H and O–H groups in total. The number of alkyl halides is 1. The number of halogens is 1. The lowest BCUT2D eigenvalue weighted by Gasteiger charge is -2.19. The van der Waals surface area contributed by atoms with E-state index in [2.05, 4.69) is 0 Å². The molecular weight excluding hydrogens is 242 g/mol. The molecule has 17 heavy (non-hydrogen) atoms. The lowest BCUT2D eigenvalue weighted by atomic mass is 10.1. The molecule has 0 atom stereocenters. The average molecular weight is 256 g/mol. The first-order chi connectivity index (χ1) is 8.13. The summed E-state index contributed by atoms with van der Waals surface area (Å²) in [5.41, 5.74) is 1.80. The van der Waals surface area contributed by atoms with Gasteiger partial charge >= 0.3 is 0 Å². The number of anilines is 1. The lowest BCUT2D eigenvalue weighted by Crippen LogP contribution is -2.26. The van der Waals surface area contributed by atoms with Gasteiger partial charge in [-0.2, -0.15) is 0 Å². The second-order valence-electron chi connectivity index (χ2n) is 3.88. The number of ether oxygens (including phenoxy) is 2. The molecule has 92 valence electrons. The smallest absolute Gasteiger partial charge is 0.231 e. The molecule has 4 nitrogen and oxygen atoms in total. The molecule has 1 amide bonds. The molecule has 5 heteroatoms. The van der Waals surface area contributed by atoms with E-state index in [-0.39, 0.29) is 12.7 Å². The van der Waals surface area contributed by atoms with E-state index in [1.807, 2.05) is 19.1 Å². The van der Waals surface area contributed by atoms with Crippen LogP contribution in [0, 0.1) is 6.92 Å². The van der Waals surface area contributed by atoms with Crippen LogP contribution >= 0.6 is 11.6 Å². The van der Waals surface area contributed by atoms with Gasteiger partial charge < -0.3 is 14.4 Å². The van der Waals surface area contributed by atoms with Crippen LogP contribution in [-0.4, -0.2) is 25.6 Å². The van der Waals surface area contributed by atoms with Gasteiger partial charge in [-0.15, -0.1) is 11.6 Å². The molecule has 0 spiro atoms. The largest absolute Gasteiger partial charge is 0.454 e. The lowest BCUT2D eigenvalue weighted by molar-refractivity contribution is -0.117. The van der Waals surface area contributed by atoms with Crippen LogP contribution in [0.25, 0.3) is 0 Å². The van der Waals surface area contributed by atoms with Crippen molar-refractivity contribution in [2.24, 2.45) is 0 Å².